The molecule has 5 rings (SSSR count). The number of halogens is 4. The monoisotopic (exact) mass is 590 g/mol. The Hall–Kier alpha value is -3.44. The standard InChI is InChI=1S/C29H30ClF3N4O4/c1-15-11-21(23(31)27(35-15)41-2)29(40)20-5-3-4-6-22(20)37(28(29)39)14-16-7-9-18(10-8-16)36-26(38)19-12-17(30)13-34-24(19)25(32)33/h3,5,11-13,16,18,25,40H,4,6-10,14H2,1-2H3,(H,36,38). The number of aromatic nitrogens is 2. The van der Waals surface area contributed by atoms with Gasteiger partial charge in [-0.2, -0.15) is 0 Å². The number of nitrogens with one attached hydrogen (secondary N) is 1. The molecule has 1 fully saturated rings. The zero-order valence-electron chi connectivity index (χ0n) is 22.6. The van der Waals surface area contributed by atoms with E-state index in [9.17, 15) is 23.5 Å². The summed E-state index contributed by atoms with van der Waals surface area (Å²) < 4.78 is 47.1. The Morgan fingerprint density at radius 2 is 2.02 bits per heavy atom. The average molecular weight is 591 g/mol. The molecule has 2 N–H and O–H groups in total. The second kappa shape index (κ2) is 11.4. The molecule has 12 heteroatoms. The molecule has 0 aromatic carbocycles. The summed E-state index contributed by atoms with van der Waals surface area (Å²) in [4.78, 5) is 35.8. The number of carbonyl (C=O) groups excluding carboxylic acids is 2. The Kier molecular flexibility index (Phi) is 8.11. The van der Waals surface area contributed by atoms with Crippen molar-refractivity contribution in [3.8, 4) is 5.88 Å². The van der Waals surface area contributed by atoms with Crippen molar-refractivity contribution in [1.29, 1.82) is 0 Å². The van der Waals surface area contributed by atoms with Gasteiger partial charge in [0.2, 0.25) is 0 Å². The molecular formula is C29H30ClF3N4O4. The van der Waals surface area contributed by atoms with Crippen molar-refractivity contribution in [2.75, 3.05) is 13.7 Å². The molecule has 1 aliphatic heterocycles. The van der Waals surface area contributed by atoms with E-state index in [4.69, 9.17) is 16.3 Å². The number of ether oxygens (including phenoxy) is 1. The van der Waals surface area contributed by atoms with E-state index in [2.05, 4.69) is 15.3 Å². The normalized spacial score (nSPS) is 24.2. The van der Waals surface area contributed by atoms with Gasteiger partial charge in [-0.3, -0.25) is 14.6 Å². The molecule has 0 saturated heterocycles. The number of amides is 2. The zero-order valence-corrected chi connectivity index (χ0v) is 23.3. The number of hydrogen-bond donors (Lipinski definition) is 2. The molecule has 218 valence electrons. The van der Waals surface area contributed by atoms with Crippen LogP contribution in [0, 0.1) is 18.7 Å². The second-order valence-electron chi connectivity index (χ2n) is 10.6. The van der Waals surface area contributed by atoms with E-state index in [0.29, 0.717) is 62.0 Å². The third-order valence-electron chi connectivity index (χ3n) is 8.01. The van der Waals surface area contributed by atoms with E-state index in [-0.39, 0.29) is 34.0 Å². The van der Waals surface area contributed by atoms with Gasteiger partial charge in [0.1, 0.15) is 5.69 Å². The largest absolute Gasteiger partial charge is 0.479 e. The highest BCUT2D eigenvalue weighted by Gasteiger charge is 2.54. The number of allylic oxidation sites excluding steroid dienone is 2. The molecule has 1 unspecified atom stereocenters. The number of aliphatic hydroxyl groups is 1. The van der Waals surface area contributed by atoms with Gasteiger partial charge in [-0.05, 0) is 63.5 Å². The Morgan fingerprint density at radius 3 is 2.71 bits per heavy atom. The summed E-state index contributed by atoms with van der Waals surface area (Å²) in [6, 6.07) is 2.31. The quantitative estimate of drug-likeness (QED) is 0.462. The number of nitrogens with zero attached hydrogens (tertiary/aromatic N) is 3. The Balaban J connectivity index is 1.30. The summed E-state index contributed by atoms with van der Waals surface area (Å²) in [7, 11) is 1.27. The fourth-order valence-electron chi connectivity index (χ4n) is 5.99. The highest BCUT2D eigenvalue weighted by atomic mass is 35.5. The first-order valence-electron chi connectivity index (χ1n) is 13.4. The summed E-state index contributed by atoms with van der Waals surface area (Å²) in [5, 5.41) is 14.7. The van der Waals surface area contributed by atoms with Crippen molar-refractivity contribution in [2.45, 2.75) is 63.5 Å². The minimum atomic E-state index is -2.92. The van der Waals surface area contributed by atoms with Gasteiger partial charge in [-0.1, -0.05) is 23.8 Å². The van der Waals surface area contributed by atoms with Crippen molar-refractivity contribution in [3.63, 3.8) is 0 Å². The molecule has 1 saturated carbocycles. The van der Waals surface area contributed by atoms with Crippen LogP contribution >= 0.6 is 11.6 Å². The van der Waals surface area contributed by atoms with Gasteiger partial charge in [0, 0.05) is 41.3 Å². The molecule has 2 aliphatic carbocycles. The molecule has 8 nitrogen and oxygen atoms in total. The number of aryl methyl sites for hydroxylation is 1. The zero-order chi connectivity index (χ0) is 29.5. The molecule has 0 spiro atoms. The highest BCUT2D eigenvalue weighted by Crippen LogP contribution is 2.47. The van der Waals surface area contributed by atoms with Gasteiger partial charge in [0.05, 0.1) is 17.7 Å². The number of hydrogen-bond acceptors (Lipinski definition) is 6. The van der Waals surface area contributed by atoms with Gasteiger partial charge in [-0.25, -0.2) is 18.2 Å². The first-order chi connectivity index (χ1) is 19.5. The maximum Gasteiger partial charge on any atom is 0.281 e. The fourth-order valence-corrected chi connectivity index (χ4v) is 6.15. The third kappa shape index (κ3) is 5.32. The molecule has 1 atom stereocenters. The van der Waals surface area contributed by atoms with Crippen LogP contribution in [-0.2, 0) is 10.4 Å². The minimum Gasteiger partial charge on any atom is -0.479 e. The topological polar surface area (TPSA) is 105 Å². The molecule has 2 aromatic rings. The lowest BCUT2D eigenvalue weighted by Crippen LogP contribution is -2.44. The molecular weight excluding hydrogens is 561 g/mol. The Morgan fingerprint density at radius 1 is 1.29 bits per heavy atom. The molecule has 3 aliphatic rings. The predicted molar refractivity (Wildman–Crippen MR) is 144 cm³/mol. The van der Waals surface area contributed by atoms with Crippen LogP contribution in [0.4, 0.5) is 13.2 Å². The van der Waals surface area contributed by atoms with Crippen LogP contribution in [0.1, 0.15) is 72.3 Å². The Bertz CT molecular complexity index is 1440. The summed E-state index contributed by atoms with van der Waals surface area (Å²) in [5.74, 6) is -2.41. The summed E-state index contributed by atoms with van der Waals surface area (Å²) in [6.07, 6.45) is 5.34. The van der Waals surface area contributed by atoms with Crippen LogP contribution in [-0.4, -0.2) is 51.5 Å². The van der Waals surface area contributed by atoms with Crippen LogP contribution in [0.3, 0.4) is 0 Å². The predicted octanol–water partition coefficient (Wildman–Crippen LogP) is 5.15. The van der Waals surface area contributed by atoms with E-state index in [1.807, 2.05) is 6.08 Å². The van der Waals surface area contributed by atoms with Gasteiger partial charge in [0.25, 0.3) is 24.1 Å². The van der Waals surface area contributed by atoms with Crippen LogP contribution in [0.15, 0.2) is 41.8 Å². The molecule has 41 heavy (non-hydrogen) atoms. The molecule has 3 heterocycles. The van der Waals surface area contributed by atoms with Crippen LogP contribution in [0.2, 0.25) is 5.02 Å². The number of rotatable bonds is 7. The van der Waals surface area contributed by atoms with E-state index in [1.165, 1.54) is 19.2 Å². The lowest BCUT2D eigenvalue weighted by molar-refractivity contribution is -0.143. The van der Waals surface area contributed by atoms with E-state index in [1.54, 1.807) is 17.9 Å². The van der Waals surface area contributed by atoms with Crippen LogP contribution in [0.5, 0.6) is 5.88 Å². The van der Waals surface area contributed by atoms with Gasteiger partial charge < -0.3 is 20.1 Å². The van der Waals surface area contributed by atoms with Crippen molar-refractivity contribution in [3.05, 3.63) is 75.1 Å². The van der Waals surface area contributed by atoms with Crippen molar-refractivity contribution in [1.82, 2.24) is 20.2 Å². The lowest BCUT2D eigenvalue weighted by Gasteiger charge is -2.33. The van der Waals surface area contributed by atoms with Gasteiger partial charge in [0.15, 0.2) is 11.4 Å². The smallest absolute Gasteiger partial charge is 0.281 e. The first-order valence-corrected chi connectivity index (χ1v) is 13.8. The number of methoxy groups -OCH3 is 1. The van der Waals surface area contributed by atoms with E-state index >= 15 is 4.39 Å². The minimum absolute atomic E-state index is 0.0529. The molecule has 0 bridgehead atoms. The summed E-state index contributed by atoms with van der Waals surface area (Å²) in [5.41, 5.74) is -1.87. The van der Waals surface area contributed by atoms with E-state index < -0.39 is 35.4 Å². The lowest BCUT2D eigenvalue weighted by atomic mass is 9.84. The third-order valence-corrected chi connectivity index (χ3v) is 8.22. The number of pyridine rings is 2. The summed E-state index contributed by atoms with van der Waals surface area (Å²) in [6.45, 7) is 1.96. The van der Waals surface area contributed by atoms with Crippen LogP contribution in [0.25, 0.3) is 0 Å². The maximum atomic E-state index is 15.4. The highest BCUT2D eigenvalue weighted by molar-refractivity contribution is 6.30. The SMILES string of the molecule is COc1nc(C)cc(C2(O)C(=O)N(CC3CCC(NC(=O)c4cc(Cl)cnc4C(F)F)CC3)C3=C2C=CCC3)c1F. The number of carbonyl (C=O) groups is 2. The van der Waals surface area contributed by atoms with Crippen molar-refractivity contribution in [2.24, 2.45) is 5.92 Å². The van der Waals surface area contributed by atoms with Crippen LogP contribution < -0.4 is 10.1 Å². The first kappa shape index (κ1) is 29.1. The number of alkyl halides is 2. The maximum absolute atomic E-state index is 15.4. The van der Waals surface area contributed by atoms with Crippen molar-refractivity contribution >= 4 is 23.4 Å². The van der Waals surface area contributed by atoms with Gasteiger partial charge in [-0.15, -0.1) is 0 Å². The molecule has 2 aromatic heterocycles. The summed E-state index contributed by atoms with van der Waals surface area (Å²) >= 11 is 5.88. The molecule has 0 radical (unpaired) electrons. The fraction of sp³-hybridized carbons (Fsp3) is 0.448. The van der Waals surface area contributed by atoms with Gasteiger partial charge >= 0.3 is 0 Å². The molecule has 2 amide bonds. The Labute approximate surface area is 240 Å². The van der Waals surface area contributed by atoms with E-state index in [0.717, 1.165) is 6.20 Å². The second-order valence-corrected chi connectivity index (χ2v) is 11.1. The average Bonchev–Trinajstić information content (AvgIpc) is 3.17. The van der Waals surface area contributed by atoms with Crippen molar-refractivity contribution < 1.29 is 32.6 Å².